The van der Waals surface area contributed by atoms with E-state index < -0.39 is 7.67 Å². The number of halogens is 2. The van der Waals surface area contributed by atoms with Crippen molar-refractivity contribution in [1.82, 2.24) is 9.76 Å². The average Bonchev–Trinajstić information content (AvgIpc) is 3.30. The molecule has 0 fully saturated rings. The highest BCUT2D eigenvalue weighted by Gasteiger charge is 2.30. The standard InChI is InChI=1S/C60H95Cl2N2O4P/c1-49(2)22-13-23-50(3)24-14-25-51(4)26-15-27-52(5)28-16-29-53(6)30-17-31-54(7)32-18-33-55(8)34-19-35-56(9)36-20-37-57(10)41-44-63-69(65,64(45-42-61)46-43-62)68-47-21-38-58-39-40-59(66-11)60(48-58)67-12/h21-22,24,26,28,30,32,34,36,38-41,48H,13-20,23,25,27,29,31,33,35,37,42-47H2,1-12H3,(H,63,65)/b38-21+,50-24+,51-26+,52-28+,53-30+,54-32+,55-34+,56-36+,57-41+. The van der Waals surface area contributed by atoms with Gasteiger partial charge in [-0.25, -0.2) is 9.76 Å². The Bertz CT molecular complexity index is 1970. The summed E-state index contributed by atoms with van der Waals surface area (Å²) in [4.78, 5) is 0. The predicted octanol–water partition coefficient (Wildman–Crippen LogP) is 19.0. The second kappa shape index (κ2) is 39.5. The van der Waals surface area contributed by atoms with E-state index in [1.807, 2.05) is 30.4 Å². The van der Waals surface area contributed by atoms with Crippen LogP contribution in [0.15, 0.2) is 129 Å². The number of hydrogen-bond acceptors (Lipinski definition) is 4. The van der Waals surface area contributed by atoms with E-state index >= 15 is 0 Å². The minimum atomic E-state index is -3.42. The zero-order chi connectivity index (χ0) is 51.3. The molecule has 0 aliphatic heterocycles. The summed E-state index contributed by atoms with van der Waals surface area (Å²) in [6.07, 6.45) is 42.9. The maximum absolute atomic E-state index is 14.1. The van der Waals surface area contributed by atoms with Gasteiger partial charge in [0.25, 0.3) is 0 Å². The summed E-state index contributed by atoms with van der Waals surface area (Å²) < 4.78 is 32.6. The smallest absolute Gasteiger partial charge is 0.344 e. The second-order valence-electron chi connectivity index (χ2n) is 19.0. The zero-order valence-corrected chi connectivity index (χ0v) is 47.8. The van der Waals surface area contributed by atoms with E-state index in [0.717, 1.165) is 95.5 Å². The Morgan fingerprint density at radius 1 is 0.522 bits per heavy atom. The molecule has 388 valence electrons. The van der Waals surface area contributed by atoms with E-state index in [4.69, 9.17) is 37.2 Å². The summed E-state index contributed by atoms with van der Waals surface area (Å²) in [6.45, 7) is 23.7. The maximum atomic E-state index is 14.1. The molecule has 0 amide bonds. The van der Waals surface area contributed by atoms with Crippen LogP contribution >= 0.6 is 30.9 Å². The number of methoxy groups -OCH3 is 2. The van der Waals surface area contributed by atoms with Crippen LogP contribution in [-0.4, -0.2) is 56.9 Å². The fourth-order valence-electron chi connectivity index (χ4n) is 7.65. The summed E-state index contributed by atoms with van der Waals surface area (Å²) in [7, 11) is -0.208. The SMILES string of the molecule is COc1ccc(/C=C/COP(=O)(NC/C=C(\C)CC/C=C(\C)CC/C=C(\C)CC/C=C(\C)CC/C=C(\C)CC/C=C(\C)CC/C=C(\C)CC/C=C(\C)CCC=C(C)C)N(CCCl)CCCl)cc1OC. The van der Waals surface area contributed by atoms with Gasteiger partial charge in [-0.1, -0.05) is 123 Å². The normalized spacial score (nSPS) is 14.8. The minimum Gasteiger partial charge on any atom is -0.493 e. The number of alkyl halides is 2. The monoisotopic (exact) mass is 1010 g/mol. The Morgan fingerprint density at radius 2 is 0.870 bits per heavy atom. The summed E-state index contributed by atoms with van der Waals surface area (Å²) in [5.41, 5.74) is 14.0. The van der Waals surface area contributed by atoms with Crippen LogP contribution in [0.4, 0.5) is 0 Å². The van der Waals surface area contributed by atoms with Crippen molar-refractivity contribution in [3.63, 3.8) is 0 Å². The molecule has 0 aliphatic carbocycles. The van der Waals surface area contributed by atoms with E-state index in [1.54, 1.807) is 18.9 Å². The largest absolute Gasteiger partial charge is 0.493 e. The molecule has 0 spiro atoms. The molecule has 1 aromatic rings. The van der Waals surface area contributed by atoms with Crippen molar-refractivity contribution in [3.8, 4) is 11.5 Å². The summed E-state index contributed by atoms with van der Waals surface area (Å²) in [5, 5.41) is 3.19. The molecular formula is C60H95Cl2N2O4P. The van der Waals surface area contributed by atoms with Gasteiger partial charge >= 0.3 is 7.67 Å². The Morgan fingerprint density at radius 3 is 1.20 bits per heavy atom. The highest BCUT2D eigenvalue weighted by atomic mass is 35.5. The number of nitrogens with zero attached hydrogens (tertiary/aromatic N) is 1. The molecule has 0 aromatic heterocycles. The van der Waals surface area contributed by atoms with Gasteiger partial charge in [-0.15, -0.1) is 23.2 Å². The molecule has 69 heavy (non-hydrogen) atoms. The van der Waals surface area contributed by atoms with Crippen LogP contribution in [0.5, 0.6) is 11.5 Å². The topological polar surface area (TPSA) is 60.0 Å². The number of benzene rings is 1. The third kappa shape index (κ3) is 32.5. The van der Waals surface area contributed by atoms with Gasteiger partial charge in [0.05, 0.1) is 20.8 Å². The van der Waals surface area contributed by atoms with Crippen LogP contribution < -0.4 is 14.6 Å². The lowest BCUT2D eigenvalue weighted by Gasteiger charge is -2.30. The number of ether oxygens (including phenoxy) is 2. The lowest BCUT2D eigenvalue weighted by molar-refractivity contribution is 0.283. The number of nitrogens with one attached hydrogen (secondary N) is 1. The molecule has 1 aromatic carbocycles. The van der Waals surface area contributed by atoms with Crippen LogP contribution in [0.1, 0.15) is 178 Å². The van der Waals surface area contributed by atoms with Gasteiger partial charge in [0.2, 0.25) is 0 Å². The van der Waals surface area contributed by atoms with Crippen molar-refractivity contribution in [1.29, 1.82) is 0 Å². The number of rotatable bonds is 38. The van der Waals surface area contributed by atoms with Crippen molar-refractivity contribution in [2.45, 2.75) is 172 Å². The van der Waals surface area contributed by atoms with Gasteiger partial charge in [-0.3, -0.25) is 4.57 Å². The van der Waals surface area contributed by atoms with E-state index in [1.165, 1.54) is 63.0 Å². The zero-order valence-electron chi connectivity index (χ0n) is 45.4. The molecule has 0 radical (unpaired) electrons. The molecule has 1 unspecified atom stereocenters. The van der Waals surface area contributed by atoms with Gasteiger partial charge in [-0.05, 0) is 190 Å². The molecule has 1 N–H and O–H groups in total. The van der Waals surface area contributed by atoms with Gasteiger partial charge in [0, 0.05) is 31.4 Å². The Labute approximate surface area is 433 Å². The molecule has 1 rings (SSSR count). The van der Waals surface area contributed by atoms with Crippen molar-refractivity contribution in [2.75, 3.05) is 52.2 Å². The lowest BCUT2D eigenvalue weighted by Crippen LogP contribution is -2.32. The van der Waals surface area contributed by atoms with Crippen LogP contribution in [0.2, 0.25) is 0 Å². The molecule has 0 saturated heterocycles. The fourth-order valence-corrected chi connectivity index (χ4v) is 10.1. The minimum absolute atomic E-state index is 0.144. The molecule has 0 saturated carbocycles. The van der Waals surface area contributed by atoms with E-state index in [-0.39, 0.29) is 6.61 Å². The van der Waals surface area contributed by atoms with Crippen molar-refractivity contribution >= 4 is 36.9 Å². The summed E-state index contributed by atoms with van der Waals surface area (Å²) in [5.74, 6) is 1.92. The van der Waals surface area contributed by atoms with E-state index in [2.05, 4.69) is 129 Å². The van der Waals surface area contributed by atoms with Gasteiger partial charge in [0.15, 0.2) is 11.5 Å². The highest BCUT2D eigenvalue weighted by molar-refractivity contribution is 7.54. The third-order valence-electron chi connectivity index (χ3n) is 12.2. The molecule has 9 heteroatoms. The quantitative estimate of drug-likeness (QED) is 0.0405. The summed E-state index contributed by atoms with van der Waals surface area (Å²) in [6, 6.07) is 5.65. The Hall–Kier alpha value is -3.09. The molecular weight excluding hydrogens is 915 g/mol. The van der Waals surface area contributed by atoms with Crippen molar-refractivity contribution < 1.29 is 18.6 Å². The van der Waals surface area contributed by atoms with E-state index in [9.17, 15) is 4.57 Å². The lowest BCUT2D eigenvalue weighted by atomic mass is 10.0. The first-order valence-electron chi connectivity index (χ1n) is 25.7. The average molecular weight is 1010 g/mol. The first kappa shape index (κ1) is 63.9. The molecule has 0 heterocycles. The molecule has 1 atom stereocenters. The van der Waals surface area contributed by atoms with Gasteiger partial charge in [0.1, 0.15) is 0 Å². The van der Waals surface area contributed by atoms with Gasteiger partial charge < -0.3 is 14.0 Å². The highest BCUT2D eigenvalue weighted by Crippen LogP contribution is 2.46. The predicted molar refractivity (Wildman–Crippen MR) is 307 cm³/mol. The summed E-state index contributed by atoms with van der Waals surface area (Å²) >= 11 is 12.2. The first-order chi connectivity index (χ1) is 33.0. The van der Waals surface area contributed by atoms with Crippen LogP contribution in [0.3, 0.4) is 0 Å². The molecule has 0 aliphatic rings. The van der Waals surface area contributed by atoms with Gasteiger partial charge in [-0.2, -0.15) is 0 Å². The fraction of sp³-hybridized carbons (Fsp3) is 0.567. The second-order valence-corrected chi connectivity index (χ2v) is 22.0. The Kier molecular flexibility index (Phi) is 36.6. The first-order valence-corrected chi connectivity index (χ1v) is 28.3. The third-order valence-corrected chi connectivity index (χ3v) is 14.7. The van der Waals surface area contributed by atoms with Crippen molar-refractivity contribution in [3.05, 3.63) is 135 Å². The van der Waals surface area contributed by atoms with Crippen molar-refractivity contribution in [2.24, 2.45) is 0 Å². The number of allylic oxidation sites excluding steroid dienone is 17. The molecule has 6 nitrogen and oxygen atoms in total. The number of hydrogen-bond donors (Lipinski definition) is 1. The van der Waals surface area contributed by atoms with Crippen LogP contribution in [0, 0.1) is 0 Å². The van der Waals surface area contributed by atoms with Crippen LogP contribution in [-0.2, 0) is 9.09 Å². The Balaban J connectivity index is 2.44. The maximum Gasteiger partial charge on any atom is 0.344 e. The van der Waals surface area contributed by atoms with Crippen LogP contribution in [0.25, 0.3) is 6.08 Å². The van der Waals surface area contributed by atoms with E-state index in [0.29, 0.717) is 42.9 Å². The molecule has 0 bridgehead atoms.